The van der Waals surface area contributed by atoms with Gasteiger partial charge in [-0.3, -0.25) is 14.5 Å². The van der Waals surface area contributed by atoms with Crippen molar-refractivity contribution in [3.63, 3.8) is 0 Å². The number of aliphatic imine (C=N–C) groups is 1. The molecule has 4 amide bonds. The van der Waals surface area contributed by atoms with Crippen molar-refractivity contribution in [2.24, 2.45) is 16.5 Å². The summed E-state index contributed by atoms with van der Waals surface area (Å²) in [4.78, 5) is 45.9. The van der Waals surface area contributed by atoms with E-state index in [9.17, 15) is 18.8 Å². The summed E-state index contributed by atoms with van der Waals surface area (Å²) in [5.74, 6) is -1.98. The van der Waals surface area contributed by atoms with Crippen molar-refractivity contribution < 1.29 is 24.5 Å². The van der Waals surface area contributed by atoms with Crippen molar-refractivity contribution in [2.45, 2.75) is 6.92 Å². The van der Waals surface area contributed by atoms with E-state index in [2.05, 4.69) is 20.6 Å². The molecular weight excluding hydrogens is 407 g/mol. The number of aromatic nitrogens is 1. The van der Waals surface area contributed by atoms with Crippen LogP contribution in [0.1, 0.15) is 23.1 Å². The smallest absolute Gasteiger partial charge is 0.342 e. The number of primary amides is 1. The Morgan fingerprint density at radius 3 is 2.48 bits per heavy atom. The molecule has 2 heterocycles. The average molecular weight is 443 g/mol. The molecule has 2 rings (SSSR count). The van der Waals surface area contributed by atoms with Gasteiger partial charge in [-0.05, 0) is 25.1 Å². The molecule has 6 N–H and O–H groups in total. The third-order valence-corrected chi connectivity index (χ3v) is 4.59. The topological polar surface area (TPSA) is 159 Å². The number of carbonyl (C=O) groups excluding carboxylic acids is 3. The number of nitrogens with one attached hydrogen (secondary N) is 2. The van der Waals surface area contributed by atoms with Crippen LogP contribution in [0.25, 0.3) is 0 Å². The van der Waals surface area contributed by atoms with Crippen molar-refractivity contribution in [2.75, 3.05) is 51.2 Å². The number of hydrogen-bond donors (Lipinski definition) is 4. The zero-order chi connectivity index (χ0) is 23.0. The fourth-order valence-corrected chi connectivity index (χ4v) is 3.02. The van der Waals surface area contributed by atoms with Gasteiger partial charge in [-0.25, -0.2) is 9.78 Å². The number of amidine groups is 1. The second kappa shape index (κ2) is 11.0. The highest BCUT2D eigenvalue weighted by Gasteiger charge is 2.22. The number of hydrogen-bond acceptors (Lipinski definition) is 6. The standard InChI is InChI=1S/C19H27FN8O3.4H2/c1-3-24-19(31)26-15(21)10-12(17(22)29)11-27-6-8-28(9-7-27)14-5-4-13(18(30)23-2)25-16(14)20;;;;/h4-5,10H,3,6-9,11H2,1-2H3,(H2,22,29)(H,23,30)(H3,21,24,26,31);4*1H/b12-10-;;;;. The van der Waals surface area contributed by atoms with E-state index in [1.807, 2.05) is 9.80 Å². The Kier molecular flexibility index (Phi) is 8.43. The van der Waals surface area contributed by atoms with Gasteiger partial charge in [0.2, 0.25) is 11.9 Å². The predicted octanol–water partition coefficient (Wildman–Crippen LogP) is 0.185. The zero-order valence-corrected chi connectivity index (χ0v) is 17.5. The molecule has 0 bridgehead atoms. The van der Waals surface area contributed by atoms with E-state index < -0.39 is 23.8 Å². The van der Waals surface area contributed by atoms with Gasteiger partial charge >= 0.3 is 6.03 Å². The van der Waals surface area contributed by atoms with Crippen molar-refractivity contribution >= 4 is 29.4 Å². The van der Waals surface area contributed by atoms with Crippen LogP contribution in [0, 0.1) is 5.95 Å². The number of rotatable bonds is 7. The Balaban J connectivity index is -0.00000256. The molecule has 1 aliphatic rings. The molecule has 12 heteroatoms. The number of halogens is 1. The minimum absolute atomic E-state index is 0. The van der Waals surface area contributed by atoms with Crippen LogP contribution in [-0.2, 0) is 4.79 Å². The van der Waals surface area contributed by atoms with Gasteiger partial charge in [-0.2, -0.15) is 9.38 Å². The Labute approximate surface area is 185 Å². The monoisotopic (exact) mass is 442 g/mol. The summed E-state index contributed by atoms with van der Waals surface area (Å²) in [6.07, 6.45) is 1.28. The third-order valence-electron chi connectivity index (χ3n) is 4.59. The molecule has 0 atom stereocenters. The highest BCUT2D eigenvalue weighted by molar-refractivity contribution is 6.05. The van der Waals surface area contributed by atoms with Crippen LogP contribution in [-0.4, -0.2) is 79.9 Å². The van der Waals surface area contributed by atoms with Gasteiger partial charge in [0.1, 0.15) is 11.5 Å². The third kappa shape index (κ3) is 6.74. The first-order chi connectivity index (χ1) is 14.7. The molecule has 0 spiro atoms. The van der Waals surface area contributed by atoms with Gasteiger partial charge in [0.25, 0.3) is 5.91 Å². The molecule has 1 aliphatic heterocycles. The van der Waals surface area contributed by atoms with Crippen LogP contribution in [0.5, 0.6) is 0 Å². The van der Waals surface area contributed by atoms with Crippen LogP contribution in [0.3, 0.4) is 0 Å². The Morgan fingerprint density at radius 2 is 1.94 bits per heavy atom. The molecule has 0 aromatic carbocycles. The van der Waals surface area contributed by atoms with Crippen LogP contribution in [0.4, 0.5) is 14.9 Å². The molecule has 0 saturated carbocycles. The fraction of sp³-hybridized carbons (Fsp3) is 0.421. The lowest BCUT2D eigenvalue weighted by molar-refractivity contribution is -0.114. The quantitative estimate of drug-likeness (QED) is 0.203. The molecule has 0 radical (unpaired) electrons. The van der Waals surface area contributed by atoms with Crippen molar-refractivity contribution in [1.29, 1.82) is 0 Å². The number of pyridine rings is 1. The Hall–Kier alpha value is -3.54. The van der Waals surface area contributed by atoms with Gasteiger partial charge < -0.3 is 27.0 Å². The highest BCUT2D eigenvalue weighted by Crippen LogP contribution is 2.20. The molecule has 31 heavy (non-hydrogen) atoms. The van der Waals surface area contributed by atoms with Gasteiger partial charge in [0, 0.05) is 57.6 Å². The van der Waals surface area contributed by atoms with Crippen molar-refractivity contribution in [1.82, 2.24) is 20.5 Å². The van der Waals surface area contributed by atoms with Crippen molar-refractivity contribution in [3.8, 4) is 0 Å². The molecule has 0 unspecified atom stereocenters. The number of piperazine rings is 1. The largest absolute Gasteiger partial charge is 0.384 e. The van der Waals surface area contributed by atoms with E-state index in [1.54, 1.807) is 6.92 Å². The number of carbonyl (C=O) groups is 3. The summed E-state index contributed by atoms with van der Waals surface area (Å²) in [6.45, 7) is 4.36. The Morgan fingerprint density at radius 1 is 1.26 bits per heavy atom. The summed E-state index contributed by atoms with van der Waals surface area (Å²) in [6, 6.07) is 2.39. The summed E-state index contributed by atoms with van der Waals surface area (Å²) in [5, 5.41) is 4.87. The minimum atomic E-state index is -0.721. The van der Waals surface area contributed by atoms with Gasteiger partial charge in [0.05, 0.1) is 5.69 Å². The molecule has 1 aromatic heterocycles. The number of urea groups is 1. The minimum Gasteiger partial charge on any atom is -0.384 e. The molecule has 1 aromatic rings. The zero-order valence-electron chi connectivity index (χ0n) is 17.5. The Bertz CT molecular complexity index is 912. The lowest BCUT2D eigenvalue weighted by atomic mass is 10.2. The van der Waals surface area contributed by atoms with Gasteiger partial charge in [-0.1, -0.05) is 0 Å². The van der Waals surface area contributed by atoms with E-state index >= 15 is 0 Å². The van der Waals surface area contributed by atoms with Crippen LogP contribution in [0.2, 0.25) is 0 Å². The predicted molar refractivity (Wildman–Crippen MR) is 123 cm³/mol. The summed E-state index contributed by atoms with van der Waals surface area (Å²) < 4.78 is 14.4. The molecule has 1 saturated heterocycles. The maximum atomic E-state index is 14.4. The number of nitrogens with zero attached hydrogens (tertiary/aromatic N) is 4. The first-order valence-electron chi connectivity index (χ1n) is 9.73. The summed E-state index contributed by atoms with van der Waals surface area (Å²) in [5.41, 5.74) is 11.7. The van der Waals surface area contributed by atoms with Crippen molar-refractivity contribution in [3.05, 3.63) is 35.4 Å². The molecule has 11 nitrogen and oxygen atoms in total. The van der Waals surface area contributed by atoms with E-state index in [0.29, 0.717) is 38.4 Å². The second-order valence-corrected chi connectivity index (χ2v) is 6.75. The maximum Gasteiger partial charge on any atom is 0.342 e. The first kappa shape index (κ1) is 23.7. The molecular formula is C19H35FN8O3. The van der Waals surface area contributed by atoms with Crippen LogP contribution in [0.15, 0.2) is 28.8 Å². The maximum absolute atomic E-state index is 14.4. The fourth-order valence-electron chi connectivity index (χ4n) is 3.02. The number of nitrogens with two attached hydrogens (primary N) is 2. The summed E-state index contributed by atoms with van der Waals surface area (Å²) in [7, 11) is 1.45. The summed E-state index contributed by atoms with van der Waals surface area (Å²) >= 11 is 0. The van der Waals surface area contributed by atoms with Gasteiger partial charge in [0.15, 0.2) is 0 Å². The van der Waals surface area contributed by atoms with E-state index in [-0.39, 0.29) is 29.4 Å². The number of anilines is 1. The highest BCUT2D eigenvalue weighted by atomic mass is 19.1. The molecule has 0 aliphatic carbocycles. The lowest BCUT2D eigenvalue weighted by Crippen LogP contribution is -2.48. The van der Waals surface area contributed by atoms with Crippen LogP contribution >= 0.6 is 0 Å². The average Bonchev–Trinajstić information content (AvgIpc) is 2.73. The molecule has 1 fully saturated rings. The lowest BCUT2D eigenvalue weighted by Gasteiger charge is -2.36. The van der Waals surface area contributed by atoms with E-state index in [0.717, 1.165) is 0 Å². The number of amides is 4. The second-order valence-electron chi connectivity index (χ2n) is 6.75. The van der Waals surface area contributed by atoms with Gasteiger partial charge in [-0.15, -0.1) is 0 Å². The van der Waals surface area contributed by atoms with E-state index in [1.165, 1.54) is 25.3 Å². The first-order valence-corrected chi connectivity index (χ1v) is 9.73. The molecule has 176 valence electrons. The van der Waals surface area contributed by atoms with E-state index in [4.69, 9.17) is 11.5 Å². The normalized spacial score (nSPS) is 15.5. The van der Waals surface area contributed by atoms with Crippen LogP contribution < -0.4 is 27.0 Å². The SMILES string of the molecule is CCNC(=O)/N=C(N)/C=C(/CN1CCN(c2ccc(C(=O)NC)nc2F)CC1)C(N)=O.[HH].[HH].[HH].[HH].